The van der Waals surface area contributed by atoms with Crippen LogP contribution in [-0.2, 0) is 6.42 Å². The van der Waals surface area contributed by atoms with Crippen molar-refractivity contribution in [1.82, 2.24) is 15.3 Å². The van der Waals surface area contributed by atoms with E-state index < -0.39 is 0 Å². The molecule has 0 spiro atoms. The monoisotopic (exact) mass is 331 g/mol. The number of H-pyrrole nitrogens is 2. The minimum atomic E-state index is -0.274. The third kappa shape index (κ3) is 3.05. The molecule has 1 aromatic heterocycles. The molecular weight excluding hydrogens is 314 g/mol. The SMILES string of the molecule is CCC(C)NC(=O)c1ccc2c(c1)Cc1c([nH]c(=S)[nH]c1=O)O2. The average molecular weight is 331 g/mol. The van der Waals surface area contributed by atoms with Crippen LogP contribution in [0.4, 0.5) is 0 Å². The third-order valence-electron chi connectivity index (χ3n) is 3.89. The lowest BCUT2D eigenvalue weighted by Crippen LogP contribution is -2.32. The van der Waals surface area contributed by atoms with Gasteiger partial charge in [-0.05, 0) is 43.8 Å². The lowest BCUT2D eigenvalue weighted by Gasteiger charge is -2.20. The number of ether oxygens (including phenoxy) is 1. The largest absolute Gasteiger partial charge is 0.440 e. The quantitative estimate of drug-likeness (QED) is 0.644. The summed E-state index contributed by atoms with van der Waals surface area (Å²) < 4.78 is 5.93. The fourth-order valence-corrected chi connectivity index (χ4v) is 2.59. The van der Waals surface area contributed by atoms with E-state index in [4.69, 9.17) is 17.0 Å². The highest BCUT2D eigenvalue weighted by molar-refractivity contribution is 7.71. The zero-order chi connectivity index (χ0) is 16.6. The van der Waals surface area contributed by atoms with E-state index in [-0.39, 0.29) is 22.3 Å². The number of carbonyl (C=O) groups is 1. The van der Waals surface area contributed by atoms with Crippen LogP contribution in [0.5, 0.6) is 11.6 Å². The Balaban J connectivity index is 1.93. The van der Waals surface area contributed by atoms with Crippen molar-refractivity contribution in [2.45, 2.75) is 32.7 Å². The highest BCUT2D eigenvalue weighted by Gasteiger charge is 2.22. The predicted molar refractivity (Wildman–Crippen MR) is 88.8 cm³/mol. The van der Waals surface area contributed by atoms with E-state index in [1.165, 1.54) is 0 Å². The Hall–Kier alpha value is -2.41. The molecule has 1 aliphatic heterocycles. The smallest absolute Gasteiger partial charge is 0.259 e. The van der Waals surface area contributed by atoms with Gasteiger partial charge in [0.15, 0.2) is 4.77 Å². The van der Waals surface area contributed by atoms with E-state index >= 15 is 0 Å². The van der Waals surface area contributed by atoms with Crippen molar-refractivity contribution in [3.05, 3.63) is 50.0 Å². The molecule has 1 aliphatic rings. The Kier molecular flexibility index (Phi) is 4.04. The second kappa shape index (κ2) is 6.00. The van der Waals surface area contributed by atoms with Gasteiger partial charge in [0.1, 0.15) is 5.75 Å². The Bertz CT molecular complexity index is 885. The van der Waals surface area contributed by atoms with Crippen LogP contribution < -0.4 is 15.6 Å². The molecule has 0 bridgehead atoms. The minimum Gasteiger partial charge on any atom is -0.440 e. The first kappa shape index (κ1) is 15.5. The van der Waals surface area contributed by atoms with Crippen molar-refractivity contribution < 1.29 is 9.53 Å². The molecule has 0 aliphatic carbocycles. The van der Waals surface area contributed by atoms with Gasteiger partial charge in [0.05, 0.1) is 5.56 Å². The van der Waals surface area contributed by atoms with E-state index in [0.717, 1.165) is 12.0 Å². The van der Waals surface area contributed by atoms with E-state index in [9.17, 15) is 9.59 Å². The van der Waals surface area contributed by atoms with Crippen molar-refractivity contribution >= 4 is 18.1 Å². The maximum atomic E-state index is 12.2. The first-order chi connectivity index (χ1) is 11.0. The Morgan fingerprint density at radius 3 is 2.96 bits per heavy atom. The number of carbonyl (C=O) groups excluding carboxylic acids is 1. The summed E-state index contributed by atoms with van der Waals surface area (Å²) in [6.07, 6.45) is 1.25. The molecule has 2 heterocycles. The van der Waals surface area contributed by atoms with Crippen molar-refractivity contribution in [2.24, 2.45) is 0 Å². The molecule has 0 fully saturated rings. The number of aromatic amines is 2. The molecule has 1 amide bonds. The van der Waals surface area contributed by atoms with Gasteiger partial charge in [0.25, 0.3) is 11.5 Å². The number of hydrogen-bond acceptors (Lipinski definition) is 4. The van der Waals surface area contributed by atoms with Crippen molar-refractivity contribution in [3.63, 3.8) is 0 Å². The van der Waals surface area contributed by atoms with Gasteiger partial charge in [-0.2, -0.15) is 0 Å². The maximum absolute atomic E-state index is 12.2. The van der Waals surface area contributed by atoms with Gasteiger partial charge in [-0.1, -0.05) is 6.92 Å². The zero-order valence-electron chi connectivity index (χ0n) is 12.9. The second-order valence-corrected chi connectivity index (χ2v) is 6.01. The second-order valence-electron chi connectivity index (χ2n) is 5.60. The lowest BCUT2D eigenvalue weighted by atomic mass is 10.0. The van der Waals surface area contributed by atoms with Crippen LogP contribution in [0.25, 0.3) is 0 Å². The summed E-state index contributed by atoms with van der Waals surface area (Å²) >= 11 is 4.95. The molecule has 0 radical (unpaired) electrons. The van der Waals surface area contributed by atoms with Crippen LogP contribution in [-0.4, -0.2) is 21.9 Å². The molecule has 3 N–H and O–H groups in total. The summed E-state index contributed by atoms with van der Waals surface area (Å²) in [5.41, 5.74) is 1.55. The number of hydrogen-bond donors (Lipinski definition) is 3. The molecule has 1 unspecified atom stereocenters. The van der Waals surface area contributed by atoms with Gasteiger partial charge < -0.3 is 15.0 Å². The Labute approximate surface area is 137 Å². The summed E-state index contributed by atoms with van der Waals surface area (Å²) in [5, 5.41) is 2.92. The summed E-state index contributed by atoms with van der Waals surface area (Å²) in [5.74, 6) is 0.853. The van der Waals surface area contributed by atoms with Crippen LogP contribution in [0.15, 0.2) is 23.0 Å². The fraction of sp³-hybridized carbons (Fsp3) is 0.312. The first-order valence-corrected chi connectivity index (χ1v) is 7.86. The summed E-state index contributed by atoms with van der Waals surface area (Å²) in [4.78, 5) is 29.6. The van der Waals surface area contributed by atoms with E-state index in [0.29, 0.717) is 29.2 Å². The van der Waals surface area contributed by atoms with E-state index in [1.54, 1.807) is 18.2 Å². The van der Waals surface area contributed by atoms with Crippen molar-refractivity contribution in [3.8, 4) is 11.6 Å². The molecule has 0 saturated carbocycles. The molecule has 1 atom stereocenters. The predicted octanol–water partition coefficient (Wildman–Crippen LogP) is 2.66. The van der Waals surface area contributed by atoms with E-state index in [1.807, 2.05) is 13.8 Å². The molecule has 23 heavy (non-hydrogen) atoms. The molecule has 6 nitrogen and oxygen atoms in total. The van der Waals surface area contributed by atoms with Gasteiger partial charge in [-0.25, -0.2) is 0 Å². The molecule has 7 heteroatoms. The first-order valence-electron chi connectivity index (χ1n) is 7.45. The maximum Gasteiger partial charge on any atom is 0.259 e. The van der Waals surface area contributed by atoms with Crippen molar-refractivity contribution in [2.75, 3.05) is 0 Å². The van der Waals surface area contributed by atoms with Crippen LogP contribution >= 0.6 is 12.2 Å². The molecule has 120 valence electrons. The Morgan fingerprint density at radius 2 is 2.22 bits per heavy atom. The summed E-state index contributed by atoms with van der Waals surface area (Å²) in [7, 11) is 0. The summed E-state index contributed by atoms with van der Waals surface area (Å²) in [6.45, 7) is 3.97. The number of nitrogens with one attached hydrogen (secondary N) is 3. The number of benzene rings is 1. The van der Waals surface area contributed by atoms with Crippen LogP contribution in [0, 0.1) is 4.77 Å². The third-order valence-corrected chi connectivity index (χ3v) is 4.10. The summed E-state index contributed by atoms with van der Waals surface area (Å²) in [6, 6.07) is 5.32. The van der Waals surface area contributed by atoms with Crippen LogP contribution in [0.2, 0.25) is 0 Å². The number of fused-ring (bicyclic) bond motifs is 2. The standard InChI is InChI=1S/C16H17N3O3S/c1-3-8(2)17-13(20)9-4-5-12-10(6-9)7-11-14(21)18-16(23)19-15(11)22-12/h4-6,8H,3,7H2,1-2H3,(H,17,20)(H2,18,19,21,23). The zero-order valence-corrected chi connectivity index (χ0v) is 13.7. The van der Waals surface area contributed by atoms with Crippen LogP contribution in [0.3, 0.4) is 0 Å². The highest BCUT2D eigenvalue weighted by Crippen LogP contribution is 2.33. The Morgan fingerprint density at radius 1 is 1.43 bits per heavy atom. The van der Waals surface area contributed by atoms with Gasteiger partial charge in [-0.3, -0.25) is 14.6 Å². The van der Waals surface area contributed by atoms with Gasteiger partial charge in [0.2, 0.25) is 5.88 Å². The average Bonchev–Trinajstić information content (AvgIpc) is 2.52. The number of amides is 1. The topological polar surface area (TPSA) is 87.0 Å². The van der Waals surface area contributed by atoms with E-state index in [2.05, 4.69) is 15.3 Å². The molecular formula is C16H17N3O3S. The lowest BCUT2D eigenvalue weighted by molar-refractivity contribution is 0.0939. The number of aromatic nitrogens is 2. The molecule has 3 rings (SSSR count). The van der Waals surface area contributed by atoms with Crippen molar-refractivity contribution in [1.29, 1.82) is 0 Å². The molecule has 0 saturated heterocycles. The van der Waals surface area contributed by atoms with Crippen LogP contribution in [0.1, 0.15) is 41.8 Å². The fourth-order valence-electron chi connectivity index (χ4n) is 2.41. The highest BCUT2D eigenvalue weighted by atomic mass is 32.1. The van der Waals surface area contributed by atoms with Gasteiger partial charge >= 0.3 is 0 Å². The normalized spacial score (nSPS) is 13.5. The molecule has 2 aromatic rings. The minimum absolute atomic E-state index is 0.110. The van der Waals surface area contributed by atoms with Gasteiger partial charge in [0, 0.05) is 23.6 Å². The molecule has 1 aromatic carbocycles. The van der Waals surface area contributed by atoms with Gasteiger partial charge in [-0.15, -0.1) is 0 Å². The number of rotatable bonds is 3.